The first-order chi connectivity index (χ1) is 9.66. The van der Waals surface area contributed by atoms with Crippen LogP contribution in [0.5, 0.6) is 0 Å². The van der Waals surface area contributed by atoms with Gasteiger partial charge in [0.25, 0.3) is 0 Å². The summed E-state index contributed by atoms with van der Waals surface area (Å²) < 4.78 is 0. The van der Waals surface area contributed by atoms with E-state index >= 15 is 0 Å². The Labute approximate surface area is 153 Å². The molecule has 2 nitrogen and oxygen atoms in total. The molecule has 0 aromatic rings. The van der Waals surface area contributed by atoms with E-state index in [0.717, 1.165) is 12.0 Å². The van der Waals surface area contributed by atoms with Gasteiger partial charge in [0.05, 0.1) is 0 Å². The minimum Gasteiger partial charge on any atom is -0.550 e. The fourth-order valence-corrected chi connectivity index (χ4v) is 3.14. The molecule has 1 aliphatic rings. The van der Waals surface area contributed by atoms with Gasteiger partial charge in [-0.1, -0.05) is 83.3 Å². The smallest absolute Gasteiger partial charge is 0.550 e. The number of rotatable bonds is 13. The van der Waals surface area contributed by atoms with Crippen LogP contribution in [0.3, 0.4) is 0 Å². The van der Waals surface area contributed by atoms with Gasteiger partial charge in [0.15, 0.2) is 0 Å². The van der Waals surface area contributed by atoms with Crippen molar-refractivity contribution in [2.45, 2.75) is 84.0 Å². The summed E-state index contributed by atoms with van der Waals surface area (Å²) in [5.41, 5.74) is 1.14. The van der Waals surface area contributed by atoms with Gasteiger partial charge in [0.2, 0.25) is 0 Å². The van der Waals surface area contributed by atoms with Crippen molar-refractivity contribution in [2.24, 2.45) is 11.8 Å². The van der Waals surface area contributed by atoms with E-state index in [1.807, 2.05) is 0 Å². The second-order valence-corrected chi connectivity index (χ2v) is 6.33. The summed E-state index contributed by atoms with van der Waals surface area (Å²) >= 11 is 0. The van der Waals surface area contributed by atoms with E-state index in [-0.39, 0.29) is 41.9 Å². The van der Waals surface area contributed by atoms with Crippen LogP contribution in [0.2, 0.25) is 0 Å². The first-order valence-corrected chi connectivity index (χ1v) is 8.55. The van der Waals surface area contributed by atoms with Crippen molar-refractivity contribution in [1.29, 1.82) is 0 Å². The first kappa shape index (κ1) is 21.2. The van der Waals surface area contributed by atoms with Crippen molar-refractivity contribution in [1.82, 2.24) is 0 Å². The van der Waals surface area contributed by atoms with Crippen LogP contribution in [0, 0.1) is 11.8 Å². The molecule has 0 aliphatic heterocycles. The number of carbonyl (C=O) groups is 1. The zero-order valence-electron chi connectivity index (χ0n) is 14.2. The van der Waals surface area contributed by atoms with E-state index in [4.69, 9.17) is 0 Å². The van der Waals surface area contributed by atoms with Gasteiger partial charge in [0, 0.05) is 5.97 Å². The standard InChI is InChI=1S/C18H32O2.Na/c1-3-4-5-6-7-8-9-10-11-12-13-16-15(2)17(16)14-18(19)20;/h16-17H,2-14H2,1H3,(H,19,20);/q;+1/p-1/t16-,17-;/m0./s1. The predicted molar refractivity (Wildman–Crippen MR) is 82.2 cm³/mol. The quantitative estimate of drug-likeness (QED) is 0.292. The van der Waals surface area contributed by atoms with Crippen LogP contribution in [-0.2, 0) is 4.79 Å². The molecule has 0 aromatic carbocycles. The Balaban J connectivity index is 0.00000400. The molecule has 0 radical (unpaired) electrons. The van der Waals surface area contributed by atoms with E-state index in [9.17, 15) is 9.90 Å². The molecule has 1 rings (SSSR count). The fraction of sp³-hybridized carbons (Fsp3) is 0.833. The molecule has 1 aliphatic carbocycles. The Bertz CT molecular complexity index is 302. The zero-order valence-corrected chi connectivity index (χ0v) is 16.2. The first-order valence-electron chi connectivity index (χ1n) is 8.55. The molecule has 2 atom stereocenters. The minimum absolute atomic E-state index is 0. The number of hydrogen-bond acceptors (Lipinski definition) is 2. The summed E-state index contributed by atoms with van der Waals surface area (Å²) in [7, 11) is 0. The molecule has 0 saturated heterocycles. The molecule has 21 heavy (non-hydrogen) atoms. The van der Waals surface area contributed by atoms with Gasteiger partial charge in [-0.05, 0) is 24.7 Å². The van der Waals surface area contributed by atoms with Gasteiger partial charge < -0.3 is 9.90 Å². The fourth-order valence-electron chi connectivity index (χ4n) is 3.14. The van der Waals surface area contributed by atoms with Gasteiger partial charge in [-0.2, -0.15) is 0 Å². The number of allylic oxidation sites excluding steroid dienone is 1. The molecule has 0 N–H and O–H groups in total. The van der Waals surface area contributed by atoms with E-state index in [1.165, 1.54) is 64.2 Å². The maximum absolute atomic E-state index is 10.5. The van der Waals surface area contributed by atoms with Gasteiger partial charge in [-0.25, -0.2) is 0 Å². The molecule has 0 spiro atoms. The van der Waals surface area contributed by atoms with Gasteiger partial charge in [-0.15, -0.1) is 0 Å². The molecule has 0 aromatic heterocycles. The molecular formula is C18H31NaO2. The number of carbonyl (C=O) groups excluding carboxylic acids is 1. The van der Waals surface area contributed by atoms with E-state index in [2.05, 4.69) is 13.5 Å². The van der Waals surface area contributed by atoms with Gasteiger partial charge >= 0.3 is 29.6 Å². The van der Waals surface area contributed by atoms with E-state index in [0.29, 0.717) is 5.92 Å². The zero-order chi connectivity index (χ0) is 14.8. The van der Waals surface area contributed by atoms with Crippen LogP contribution in [0.25, 0.3) is 0 Å². The molecule has 0 unspecified atom stereocenters. The van der Waals surface area contributed by atoms with Gasteiger partial charge in [-0.3, -0.25) is 0 Å². The third-order valence-corrected chi connectivity index (χ3v) is 4.58. The Hall–Kier alpha value is 0.210. The second kappa shape index (κ2) is 12.7. The van der Waals surface area contributed by atoms with Crippen molar-refractivity contribution in [3.05, 3.63) is 12.2 Å². The molecule has 0 amide bonds. The van der Waals surface area contributed by atoms with Gasteiger partial charge in [0.1, 0.15) is 0 Å². The molecule has 116 valence electrons. The Kier molecular flexibility index (Phi) is 12.9. The number of aliphatic carboxylic acids is 1. The molecular weight excluding hydrogens is 271 g/mol. The third-order valence-electron chi connectivity index (χ3n) is 4.58. The summed E-state index contributed by atoms with van der Waals surface area (Å²) in [5, 5.41) is 10.5. The Morgan fingerprint density at radius 1 is 0.952 bits per heavy atom. The summed E-state index contributed by atoms with van der Waals surface area (Å²) in [5.74, 6) is -0.234. The summed E-state index contributed by atoms with van der Waals surface area (Å²) in [6.07, 6.45) is 14.8. The van der Waals surface area contributed by atoms with Crippen LogP contribution in [0.4, 0.5) is 0 Å². The number of carboxylic acids is 1. The average molecular weight is 302 g/mol. The largest absolute Gasteiger partial charge is 1.00 e. The third kappa shape index (κ3) is 9.76. The van der Waals surface area contributed by atoms with Crippen molar-refractivity contribution < 1.29 is 39.5 Å². The normalized spacial score (nSPS) is 20.1. The summed E-state index contributed by atoms with van der Waals surface area (Å²) in [4.78, 5) is 10.5. The monoisotopic (exact) mass is 302 g/mol. The molecule has 0 bridgehead atoms. The van der Waals surface area contributed by atoms with Crippen molar-refractivity contribution in [2.75, 3.05) is 0 Å². The van der Waals surface area contributed by atoms with Crippen LogP contribution >= 0.6 is 0 Å². The molecule has 1 saturated carbocycles. The van der Waals surface area contributed by atoms with Crippen LogP contribution in [0.15, 0.2) is 12.2 Å². The Morgan fingerprint density at radius 2 is 1.43 bits per heavy atom. The molecule has 3 heteroatoms. The van der Waals surface area contributed by atoms with Crippen molar-refractivity contribution in [3.8, 4) is 0 Å². The topological polar surface area (TPSA) is 40.1 Å². The second-order valence-electron chi connectivity index (χ2n) is 6.33. The van der Waals surface area contributed by atoms with Crippen LogP contribution in [-0.4, -0.2) is 5.97 Å². The van der Waals surface area contributed by atoms with Crippen molar-refractivity contribution in [3.63, 3.8) is 0 Å². The summed E-state index contributed by atoms with van der Waals surface area (Å²) in [6, 6.07) is 0. The average Bonchev–Trinajstić information content (AvgIpc) is 3.00. The van der Waals surface area contributed by atoms with E-state index in [1.54, 1.807) is 0 Å². The van der Waals surface area contributed by atoms with Crippen LogP contribution in [0.1, 0.15) is 84.0 Å². The van der Waals surface area contributed by atoms with Crippen molar-refractivity contribution >= 4 is 5.97 Å². The SMILES string of the molecule is C=C1[C@H](CCCCCCCCCCCC)[C@H]1CC(=O)[O-].[Na+]. The molecule has 1 fully saturated rings. The number of unbranched alkanes of at least 4 members (excludes halogenated alkanes) is 9. The maximum Gasteiger partial charge on any atom is 1.00 e. The van der Waals surface area contributed by atoms with E-state index < -0.39 is 5.97 Å². The number of hydrogen-bond donors (Lipinski definition) is 0. The number of carboxylic acid groups (broad SMARTS) is 1. The molecule has 0 heterocycles. The summed E-state index contributed by atoms with van der Waals surface area (Å²) in [6.45, 7) is 6.21. The minimum atomic E-state index is -0.929. The van der Waals surface area contributed by atoms with Crippen LogP contribution < -0.4 is 34.7 Å². The maximum atomic E-state index is 10.5. The predicted octanol–water partition coefficient (Wildman–Crippen LogP) is 1.24. The Morgan fingerprint density at radius 3 is 1.90 bits per heavy atom.